The Balaban J connectivity index is 2.25. The summed E-state index contributed by atoms with van der Waals surface area (Å²) in [5.41, 5.74) is 3.72. The number of carbonyl (C=O) groups is 1. The molecule has 0 aliphatic heterocycles. The number of nitrogens with one attached hydrogen (secondary N) is 1. The van der Waals surface area contributed by atoms with E-state index in [1.807, 2.05) is 12.1 Å². The highest BCUT2D eigenvalue weighted by Gasteiger charge is 2.12. The van der Waals surface area contributed by atoms with Gasteiger partial charge in [0.1, 0.15) is 5.75 Å². The van der Waals surface area contributed by atoms with Crippen molar-refractivity contribution >= 4 is 5.91 Å². The van der Waals surface area contributed by atoms with Gasteiger partial charge in [0.05, 0.1) is 13.2 Å². The number of hydrogen-bond acceptors (Lipinski definition) is 3. The van der Waals surface area contributed by atoms with E-state index in [0.717, 1.165) is 12.2 Å². The van der Waals surface area contributed by atoms with Crippen LogP contribution in [-0.2, 0) is 15.0 Å². The second kappa shape index (κ2) is 7.14. The van der Waals surface area contributed by atoms with E-state index in [-0.39, 0.29) is 11.3 Å². The van der Waals surface area contributed by atoms with Crippen molar-refractivity contribution in [3.8, 4) is 5.75 Å². The van der Waals surface area contributed by atoms with Crippen LogP contribution in [0.4, 0.5) is 0 Å². The van der Waals surface area contributed by atoms with Crippen LogP contribution >= 0.6 is 0 Å². The predicted octanol–water partition coefficient (Wildman–Crippen LogP) is 2.82. The second-order valence-electron chi connectivity index (χ2n) is 5.48. The van der Waals surface area contributed by atoms with Crippen LogP contribution < -0.4 is 10.2 Å². The number of rotatable bonds is 6. The third kappa shape index (κ3) is 6.25. The van der Waals surface area contributed by atoms with E-state index in [1.165, 1.54) is 12.5 Å². The summed E-state index contributed by atoms with van der Waals surface area (Å²) in [4.78, 5) is 15.5. The smallest absolute Gasteiger partial charge is 0.240 e. The molecule has 0 saturated carbocycles. The maximum Gasteiger partial charge on any atom is 0.240 e. The number of hydroxylamine groups is 1. The summed E-state index contributed by atoms with van der Waals surface area (Å²) >= 11 is 0. The first-order valence-electron chi connectivity index (χ1n) is 6.51. The fourth-order valence-electron chi connectivity index (χ4n) is 1.52. The first kappa shape index (κ1) is 15.5. The summed E-state index contributed by atoms with van der Waals surface area (Å²) in [6.45, 7) is 8.97. The molecule has 1 N–H and O–H groups in total. The summed E-state index contributed by atoms with van der Waals surface area (Å²) in [5.74, 6) is 0.659. The molecule has 1 aromatic carbocycles. The van der Waals surface area contributed by atoms with Crippen molar-refractivity contribution in [3.63, 3.8) is 0 Å². The zero-order chi connectivity index (χ0) is 14.3. The van der Waals surface area contributed by atoms with Crippen LogP contribution in [0, 0.1) is 0 Å². The standard InChI is InChI=1S/C15H23NO3/c1-12(17)16-19-11-5-10-18-14-8-6-13(7-9-14)15(2,3)4/h6-9H,5,10-11H2,1-4H3,(H,16,17). The Labute approximate surface area is 115 Å². The van der Waals surface area contributed by atoms with Crippen molar-refractivity contribution in [1.29, 1.82) is 0 Å². The first-order valence-corrected chi connectivity index (χ1v) is 6.51. The lowest BCUT2D eigenvalue weighted by Crippen LogP contribution is -2.21. The molecule has 0 radical (unpaired) electrons. The molecule has 1 aromatic rings. The maximum atomic E-state index is 10.5. The highest BCUT2D eigenvalue weighted by Crippen LogP contribution is 2.24. The van der Waals surface area contributed by atoms with Crippen molar-refractivity contribution in [2.24, 2.45) is 0 Å². The highest BCUT2D eigenvalue weighted by molar-refractivity contribution is 5.71. The van der Waals surface area contributed by atoms with Gasteiger partial charge in [-0.05, 0) is 23.1 Å². The van der Waals surface area contributed by atoms with E-state index in [4.69, 9.17) is 9.57 Å². The monoisotopic (exact) mass is 265 g/mol. The average Bonchev–Trinajstić information content (AvgIpc) is 2.32. The van der Waals surface area contributed by atoms with E-state index >= 15 is 0 Å². The van der Waals surface area contributed by atoms with Crippen LogP contribution in [0.25, 0.3) is 0 Å². The molecule has 1 rings (SSSR count). The normalized spacial score (nSPS) is 11.2. The molecule has 1 amide bonds. The third-order valence-electron chi connectivity index (χ3n) is 2.60. The molecule has 0 aliphatic rings. The molecule has 0 unspecified atom stereocenters. The Morgan fingerprint density at radius 1 is 1.16 bits per heavy atom. The van der Waals surface area contributed by atoms with Gasteiger partial charge in [0.25, 0.3) is 0 Å². The third-order valence-corrected chi connectivity index (χ3v) is 2.60. The van der Waals surface area contributed by atoms with Crippen LogP contribution in [-0.4, -0.2) is 19.1 Å². The van der Waals surface area contributed by atoms with Crippen LogP contribution in [0.2, 0.25) is 0 Å². The van der Waals surface area contributed by atoms with E-state index in [2.05, 4.69) is 38.4 Å². The number of ether oxygens (including phenoxy) is 1. The molecule has 0 saturated heterocycles. The molecular weight excluding hydrogens is 242 g/mol. The Morgan fingerprint density at radius 3 is 2.32 bits per heavy atom. The van der Waals surface area contributed by atoms with Gasteiger partial charge in [0.2, 0.25) is 5.91 Å². The topological polar surface area (TPSA) is 47.6 Å². The minimum atomic E-state index is -0.196. The van der Waals surface area contributed by atoms with E-state index in [1.54, 1.807) is 0 Å². The van der Waals surface area contributed by atoms with E-state index in [9.17, 15) is 4.79 Å². The van der Waals surface area contributed by atoms with Crippen LogP contribution in [0.5, 0.6) is 5.75 Å². The summed E-state index contributed by atoms with van der Waals surface area (Å²) in [6.07, 6.45) is 0.724. The Bertz CT molecular complexity index is 393. The number of carbonyl (C=O) groups excluding carboxylic acids is 1. The molecule has 0 fully saturated rings. The first-order chi connectivity index (χ1) is 8.89. The van der Waals surface area contributed by atoms with Crippen molar-refractivity contribution < 1.29 is 14.4 Å². The van der Waals surface area contributed by atoms with Gasteiger partial charge in [0.15, 0.2) is 0 Å². The average molecular weight is 265 g/mol. The number of benzene rings is 1. The molecule has 0 atom stereocenters. The molecule has 106 valence electrons. The SMILES string of the molecule is CC(=O)NOCCCOc1ccc(C(C)(C)C)cc1. The van der Waals surface area contributed by atoms with Gasteiger partial charge in [-0.3, -0.25) is 9.63 Å². The van der Waals surface area contributed by atoms with Gasteiger partial charge in [-0.1, -0.05) is 32.9 Å². The fraction of sp³-hybridized carbons (Fsp3) is 0.533. The van der Waals surface area contributed by atoms with Crippen LogP contribution in [0.1, 0.15) is 39.7 Å². The van der Waals surface area contributed by atoms with Crippen LogP contribution in [0.15, 0.2) is 24.3 Å². The Morgan fingerprint density at radius 2 is 1.79 bits per heavy atom. The fourth-order valence-corrected chi connectivity index (χ4v) is 1.52. The van der Waals surface area contributed by atoms with Gasteiger partial charge in [-0.2, -0.15) is 0 Å². The summed E-state index contributed by atoms with van der Waals surface area (Å²) in [5, 5.41) is 0. The molecule has 0 spiro atoms. The molecule has 0 bridgehead atoms. The minimum absolute atomic E-state index is 0.157. The van der Waals surface area contributed by atoms with E-state index in [0.29, 0.717) is 13.2 Å². The second-order valence-corrected chi connectivity index (χ2v) is 5.48. The summed E-state index contributed by atoms with van der Waals surface area (Å²) in [7, 11) is 0. The number of hydrogen-bond donors (Lipinski definition) is 1. The molecule has 0 aromatic heterocycles. The Kier molecular flexibility index (Phi) is 5.83. The lowest BCUT2D eigenvalue weighted by Gasteiger charge is -2.19. The van der Waals surface area contributed by atoms with Gasteiger partial charge in [-0.25, -0.2) is 5.48 Å². The summed E-state index contributed by atoms with van der Waals surface area (Å²) in [6, 6.07) is 8.14. The summed E-state index contributed by atoms with van der Waals surface area (Å²) < 4.78 is 5.59. The highest BCUT2D eigenvalue weighted by atomic mass is 16.6. The zero-order valence-electron chi connectivity index (χ0n) is 12.2. The van der Waals surface area contributed by atoms with Crippen LogP contribution in [0.3, 0.4) is 0 Å². The maximum absolute atomic E-state index is 10.5. The molecule has 4 nitrogen and oxygen atoms in total. The van der Waals surface area contributed by atoms with Gasteiger partial charge < -0.3 is 4.74 Å². The van der Waals surface area contributed by atoms with Crippen molar-refractivity contribution in [1.82, 2.24) is 5.48 Å². The molecular formula is C15H23NO3. The molecule has 19 heavy (non-hydrogen) atoms. The predicted molar refractivity (Wildman–Crippen MR) is 75.0 cm³/mol. The van der Waals surface area contributed by atoms with Crippen molar-refractivity contribution in [3.05, 3.63) is 29.8 Å². The Hall–Kier alpha value is -1.55. The number of amides is 1. The lowest BCUT2D eigenvalue weighted by molar-refractivity contribution is -0.131. The molecule has 0 heterocycles. The van der Waals surface area contributed by atoms with Crippen molar-refractivity contribution in [2.45, 2.75) is 39.5 Å². The lowest BCUT2D eigenvalue weighted by atomic mass is 9.87. The van der Waals surface area contributed by atoms with Crippen molar-refractivity contribution in [2.75, 3.05) is 13.2 Å². The quantitative estimate of drug-likeness (QED) is 0.635. The largest absolute Gasteiger partial charge is 0.494 e. The zero-order valence-corrected chi connectivity index (χ0v) is 12.2. The molecule has 0 aliphatic carbocycles. The van der Waals surface area contributed by atoms with Gasteiger partial charge in [0, 0.05) is 13.3 Å². The minimum Gasteiger partial charge on any atom is -0.494 e. The van der Waals surface area contributed by atoms with Gasteiger partial charge >= 0.3 is 0 Å². The molecule has 4 heteroatoms. The van der Waals surface area contributed by atoms with E-state index < -0.39 is 0 Å². The van der Waals surface area contributed by atoms with Gasteiger partial charge in [-0.15, -0.1) is 0 Å².